The van der Waals surface area contributed by atoms with E-state index in [0.717, 1.165) is 5.56 Å². The molecular formula is C24H20O6. The van der Waals surface area contributed by atoms with Crippen molar-refractivity contribution in [1.82, 2.24) is 0 Å². The van der Waals surface area contributed by atoms with Crippen LogP contribution in [0.25, 0.3) is 0 Å². The first-order valence-corrected chi connectivity index (χ1v) is 9.29. The van der Waals surface area contributed by atoms with E-state index in [1.807, 2.05) is 30.3 Å². The molecule has 0 saturated carbocycles. The molecule has 3 aromatic rings. The number of ether oxygens (including phenoxy) is 3. The van der Waals surface area contributed by atoms with Gasteiger partial charge < -0.3 is 14.2 Å². The van der Waals surface area contributed by atoms with Crippen molar-refractivity contribution in [3.8, 4) is 5.75 Å². The Bertz CT molecular complexity index is 1040. The Kier molecular flexibility index (Phi) is 6.95. The minimum Gasteiger partial charge on any atom is -0.465 e. The van der Waals surface area contributed by atoms with Gasteiger partial charge in [-0.15, -0.1) is 0 Å². The number of rotatable bonds is 7. The molecule has 0 aromatic heterocycles. The molecular weight excluding hydrogens is 384 g/mol. The van der Waals surface area contributed by atoms with Crippen molar-refractivity contribution in [2.75, 3.05) is 13.7 Å². The number of esters is 3. The first-order chi connectivity index (χ1) is 14.6. The van der Waals surface area contributed by atoms with Crippen molar-refractivity contribution < 1.29 is 28.6 Å². The predicted molar refractivity (Wildman–Crippen MR) is 110 cm³/mol. The normalized spacial score (nSPS) is 10.2. The first kappa shape index (κ1) is 20.8. The molecule has 152 valence electrons. The lowest BCUT2D eigenvalue weighted by molar-refractivity contribution is 0.0503. The second-order valence-corrected chi connectivity index (χ2v) is 6.33. The van der Waals surface area contributed by atoms with Gasteiger partial charge in [-0.05, 0) is 35.9 Å². The van der Waals surface area contributed by atoms with Gasteiger partial charge in [0, 0.05) is 6.42 Å². The summed E-state index contributed by atoms with van der Waals surface area (Å²) >= 11 is 0. The van der Waals surface area contributed by atoms with E-state index in [-0.39, 0.29) is 29.0 Å². The molecule has 0 aliphatic carbocycles. The summed E-state index contributed by atoms with van der Waals surface area (Å²) in [5, 5.41) is 0. The average Bonchev–Trinajstić information content (AvgIpc) is 2.79. The summed E-state index contributed by atoms with van der Waals surface area (Å²) in [6.07, 6.45) is 0.578. The van der Waals surface area contributed by atoms with E-state index < -0.39 is 17.9 Å². The molecule has 6 nitrogen and oxygen atoms in total. The zero-order chi connectivity index (χ0) is 21.3. The molecule has 3 rings (SSSR count). The van der Waals surface area contributed by atoms with Crippen LogP contribution in [0.4, 0.5) is 0 Å². The molecule has 0 radical (unpaired) electrons. The molecule has 0 aliphatic heterocycles. The zero-order valence-electron chi connectivity index (χ0n) is 16.4. The van der Waals surface area contributed by atoms with E-state index in [9.17, 15) is 14.4 Å². The average molecular weight is 404 g/mol. The lowest BCUT2D eigenvalue weighted by atomic mass is 10.1. The third kappa shape index (κ3) is 5.32. The van der Waals surface area contributed by atoms with Gasteiger partial charge in [-0.2, -0.15) is 0 Å². The lowest BCUT2D eigenvalue weighted by Crippen LogP contribution is -2.14. The Balaban J connectivity index is 1.68. The number of carbonyl (C=O) groups excluding carboxylic acids is 3. The van der Waals surface area contributed by atoms with Gasteiger partial charge in [0.05, 0.1) is 24.8 Å². The van der Waals surface area contributed by atoms with Gasteiger partial charge in [-0.3, -0.25) is 0 Å². The monoisotopic (exact) mass is 404 g/mol. The highest BCUT2D eigenvalue weighted by Crippen LogP contribution is 2.21. The Morgan fingerprint density at radius 1 is 0.733 bits per heavy atom. The maximum Gasteiger partial charge on any atom is 0.343 e. The van der Waals surface area contributed by atoms with Crippen molar-refractivity contribution in [3.05, 3.63) is 101 Å². The third-order valence-electron chi connectivity index (χ3n) is 4.30. The number of methoxy groups -OCH3 is 1. The number of hydrogen-bond donors (Lipinski definition) is 0. The number of carbonyl (C=O) groups is 3. The highest BCUT2D eigenvalue weighted by molar-refractivity contribution is 5.98. The van der Waals surface area contributed by atoms with E-state index in [4.69, 9.17) is 9.47 Å². The molecule has 0 saturated heterocycles. The molecule has 30 heavy (non-hydrogen) atoms. The smallest absolute Gasteiger partial charge is 0.343 e. The van der Waals surface area contributed by atoms with Gasteiger partial charge in [0.15, 0.2) is 0 Å². The van der Waals surface area contributed by atoms with Gasteiger partial charge in [0.1, 0.15) is 11.3 Å². The predicted octanol–water partition coefficient (Wildman–Crippen LogP) is 4.09. The molecule has 3 aromatic carbocycles. The van der Waals surface area contributed by atoms with E-state index in [0.29, 0.717) is 6.42 Å². The Morgan fingerprint density at radius 2 is 1.40 bits per heavy atom. The van der Waals surface area contributed by atoms with Crippen LogP contribution in [0.1, 0.15) is 36.6 Å². The maximum absolute atomic E-state index is 12.5. The minimum atomic E-state index is -0.703. The highest BCUT2D eigenvalue weighted by Gasteiger charge is 2.18. The van der Waals surface area contributed by atoms with Crippen molar-refractivity contribution >= 4 is 17.9 Å². The van der Waals surface area contributed by atoms with E-state index in [2.05, 4.69) is 4.74 Å². The fraction of sp³-hybridized carbons (Fsp3) is 0.125. The van der Waals surface area contributed by atoms with Crippen LogP contribution in [-0.4, -0.2) is 31.6 Å². The summed E-state index contributed by atoms with van der Waals surface area (Å²) in [4.78, 5) is 36.7. The van der Waals surface area contributed by atoms with E-state index in [1.54, 1.807) is 18.2 Å². The van der Waals surface area contributed by atoms with Crippen LogP contribution < -0.4 is 4.74 Å². The summed E-state index contributed by atoms with van der Waals surface area (Å²) in [7, 11) is 1.26. The summed E-state index contributed by atoms with van der Waals surface area (Å²) in [5.74, 6) is -1.77. The van der Waals surface area contributed by atoms with E-state index >= 15 is 0 Å². The number of para-hydroxylation sites is 1. The highest BCUT2D eigenvalue weighted by atomic mass is 16.5. The first-order valence-electron chi connectivity index (χ1n) is 9.29. The lowest BCUT2D eigenvalue weighted by Gasteiger charge is -2.10. The quantitative estimate of drug-likeness (QED) is 0.436. The summed E-state index contributed by atoms with van der Waals surface area (Å²) < 4.78 is 15.4. The number of benzene rings is 3. The van der Waals surface area contributed by atoms with Crippen molar-refractivity contribution in [2.45, 2.75) is 6.42 Å². The third-order valence-corrected chi connectivity index (χ3v) is 4.30. The second kappa shape index (κ2) is 10.0. The molecule has 0 aliphatic rings. The van der Waals surface area contributed by atoms with Crippen molar-refractivity contribution in [1.29, 1.82) is 0 Å². The van der Waals surface area contributed by atoms with E-state index in [1.165, 1.54) is 37.4 Å². The zero-order valence-corrected chi connectivity index (χ0v) is 16.4. The van der Waals surface area contributed by atoms with Gasteiger partial charge in [0.2, 0.25) is 0 Å². The molecule has 0 bridgehead atoms. The molecule has 0 heterocycles. The number of hydrogen-bond acceptors (Lipinski definition) is 6. The van der Waals surface area contributed by atoms with Crippen LogP contribution in [0, 0.1) is 0 Å². The molecule has 6 heteroatoms. The van der Waals surface area contributed by atoms with Gasteiger partial charge in [0.25, 0.3) is 0 Å². The largest absolute Gasteiger partial charge is 0.465 e. The molecule has 0 fully saturated rings. The van der Waals surface area contributed by atoms with Gasteiger partial charge in [-0.25, -0.2) is 14.4 Å². The van der Waals surface area contributed by atoms with Gasteiger partial charge in [-0.1, -0.05) is 48.5 Å². The second-order valence-electron chi connectivity index (χ2n) is 6.33. The van der Waals surface area contributed by atoms with Crippen LogP contribution in [0.2, 0.25) is 0 Å². The molecule has 0 amide bonds. The Hall–Kier alpha value is -3.93. The van der Waals surface area contributed by atoms with Gasteiger partial charge >= 0.3 is 17.9 Å². The molecule has 0 N–H and O–H groups in total. The molecule has 0 spiro atoms. The summed E-state index contributed by atoms with van der Waals surface area (Å²) in [6.45, 7) is 0.201. The van der Waals surface area contributed by atoms with Crippen molar-refractivity contribution in [3.63, 3.8) is 0 Å². The maximum atomic E-state index is 12.5. The standard InChI is InChI=1S/C24H20O6/c1-28-22(25)18-10-7-11-19(16-18)23(26)30-21-13-6-5-12-20(21)24(27)29-15-14-17-8-3-2-4-9-17/h2-13,16H,14-15H2,1H3. The molecule has 0 atom stereocenters. The fourth-order valence-electron chi connectivity index (χ4n) is 2.76. The fourth-order valence-corrected chi connectivity index (χ4v) is 2.76. The topological polar surface area (TPSA) is 78.9 Å². The summed E-state index contributed by atoms with van der Waals surface area (Å²) in [6, 6.07) is 21.9. The van der Waals surface area contributed by atoms with Crippen LogP contribution in [0.3, 0.4) is 0 Å². The summed E-state index contributed by atoms with van der Waals surface area (Å²) in [5.41, 5.74) is 1.57. The van der Waals surface area contributed by atoms with Crippen LogP contribution >= 0.6 is 0 Å². The van der Waals surface area contributed by atoms with Crippen LogP contribution in [0.15, 0.2) is 78.9 Å². The van der Waals surface area contributed by atoms with Crippen LogP contribution in [-0.2, 0) is 15.9 Å². The minimum absolute atomic E-state index is 0.0793. The Labute approximate surface area is 174 Å². The molecule has 0 unspecified atom stereocenters. The van der Waals surface area contributed by atoms with Crippen molar-refractivity contribution in [2.24, 2.45) is 0 Å². The SMILES string of the molecule is COC(=O)c1cccc(C(=O)Oc2ccccc2C(=O)OCCc2ccccc2)c1. The Morgan fingerprint density at radius 3 is 2.13 bits per heavy atom. The van der Waals surface area contributed by atoms with Crippen LogP contribution in [0.5, 0.6) is 5.75 Å².